The Labute approximate surface area is 169 Å². The first kappa shape index (κ1) is 17.6. The zero-order valence-corrected chi connectivity index (χ0v) is 16.0. The molecule has 0 aliphatic carbocycles. The van der Waals surface area contributed by atoms with Crippen LogP contribution in [0.1, 0.15) is 0 Å². The molecule has 2 heterocycles. The van der Waals surface area contributed by atoms with Gasteiger partial charge in [0, 0.05) is 24.0 Å². The molecule has 5 nitrogen and oxygen atoms in total. The largest absolute Gasteiger partial charge is 0.457 e. The molecule has 1 aliphatic heterocycles. The summed E-state index contributed by atoms with van der Waals surface area (Å²) >= 11 is 0. The second-order valence-electron chi connectivity index (χ2n) is 6.93. The number of hydrogen-bond donors (Lipinski definition) is 0. The number of rotatable bonds is 4. The summed E-state index contributed by atoms with van der Waals surface area (Å²) in [5, 5.41) is 1.07. The number of hydrogen-bond acceptors (Lipinski definition) is 5. The number of benzene rings is 3. The predicted molar refractivity (Wildman–Crippen MR) is 115 cm³/mol. The molecule has 5 heteroatoms. The van der Waals surface area contributed by atoms with Crippen molar-refractivity contribution in [1.29, 1.82) is 0 Å². The lowest BCUT2D eigenvalue weighted by Gasteiger charge is -2.29. The second kappa shape index (κ2) is 7.89. The lowest BCUT2D eigenvalue weighted by Crippen LogP contribution is -2.37. The highest BCUT2D eigenvalue weighted by Gasteiger charge is 2.17. The van der Waals surface area contributed by atoms with E-state index < -0.39 is 0 Å². The Hall–Kier alpha value is -3.44. The minimum Gasteiger partial charge on any atom is -0.457 e. The molecular formula is C24H21N3O2. The van der Waals surface area contributed by atoms with E-state index in [-0.39, 0.29) is 0 Å². The van der Waals surface area contributed by atoms with E-state index in [1.165, 1.54) is 0 Å². The molecule has 1 fully saturated rings. The van der Waals surface area contributed by atoms with Crippen LogP contribution in [-0.4, -0.2) is 36.3 Å². The maximum Gasteiger partial charge on any atom is 0.162 e. The number of anilines is 1. The molecule has 0 N–H and O–H groups in total. The quantitative estimate of drug-likeness (QED) is 0.500. The smallest absolute Gasteiger partial charge is 0.162 e. The Bertz CT molecular complexity index is 1110. The normalized spacial score (nSPS) is 14.1. The van der Waals surface area contributed by atoms with Crippen LogP contribution in [-0.2, 0) is 4.74 Å². The molecule has 0 saturated carbocycles. The Morgan fingerprint density at radius 1 is 0.724 bits per heavy atom. The molecule has 1 aromatic heterocycles. The van der Waals surface area contributed by atoms with E-state index in [1.807, 2.05) is 72.8 Å². The minimum atomic E-state index is 0.719. The van der Waals surface area contributed by atoms with Crippen LogP contribution in [0.3, 0.4) is 0 Å². The van der Waals surface area contributed by atoms with Crippen molar-refractivity contribution >= 4 is 16.7 Å². The van der Waals surface area contributed by atoms with E-state index in [2.05, 4.69) is 11.0 Å². The standard InChI is InChI=1S/C24H21N3O2/c1-2-6-19(7-3-1)29-20-12-10-18(11-13-20)23-25-22-9-5-4-8-21(22)24(26-23)27-14-16-28-17-15-27/h1-13H,14-17H2. The number of ether oxygens (including phenoxy) is 2. The van der Waals surface area contributed by atoms with Crippen molar-refractivity contribution in [2.45, 2.75) is 0 Å². The van der Waals surface area contributed by atoms with Gasteiger partial charge in [0.15, 0.2) is 5.82 Å². The molecule has 5 rings (SSSR count). The van der Waals surface area contributed by atoms with Crippen LogP contribution in [0.4, 0.5) is 5.82 Å². The van der Waals surface area contributed by atoms with Crippen LogP contribution in [0.25, 0.3) is 22.3 Å². The van der Waals surface area contributed by atoms with Gasteiger partial charge in [-0.2, -0.15) is 0 Å². The van der Waals surface area contributed by atoms with Gasteiger partial charge in [0.2, 0.25) is 0 Å². The molecule has 0 radical (unpaired) electrons. The molecule has 0 bridgehead atoms. The molecule has 0 unspecified atom stereocenters. The van der Waals surface area contributed by atoms with Gasteiger partial charge in [-0.3, -0.25) is 0 Å². The van der Waals surface area contributed by atoms with E-state index in [4.69, 9.17) is 19.4 Å². The maximum atomic E-state index is 5.90. The third-order valence-electron chi connectivity index (χ3n) is 4.99. The van der Waals surface area contributed by atoms with Crippen molar-refractivity contribution in [3.63, 3.8) is 0 Å². The predicted octanol–water partition coefficient (Wildman–Crippen LogP) is 4.93. The van der Waals surface area contributed by atoms with Crippen LogP contribution in [0, 0.1) is 0 Å². The Kier molecular flexibility index (Phi) is 4.80. The summed E-state index contributed by atoms with van der Waals surface area (Å²) in [5.41, 5.74) is 1.91. The van der Waals surface area contributed by atoms with Crippen molar-refractivity contribution in [2.75, 3.05) is 31.2 Å². The highest BCUT2D eigenvalue weighted by Crippen LogP contribution is 2.29. The van der Waals surface area contributed by atoms with Crippen molar-refractivity contribution in [3.05, 3.63) is 78.9 Å². The summed E-state index contributed by atoms with van der Waals surface area (Å²) < 4.78 is 11.4. The molecule has 3 aromatic carbocycles. The monoisotopic (exact) mass is 383 g/mol. The van der Waals surface area contributed by atoms with Crippen molar-refractivity contribution in [2.24, 2.45) is 0 Å². The Morgan fingerprint density at radius 2 is 1.41 bits per heavy atom. The average Bonchev–Trinajstić information content (AvgIpc) is 2.80. The van der Waals surface area contributed by atoms with Crippen molar-refractivity contribution in [3.8, 4) is 22.9 Å². The topological polar surface area (TPSA) is 47.5 Å². The zero-order valence-electron chi connectivity index (χ0n) is 16.0. The molecule has 4 aromatic rings. The maximum absolute atomic E-state index is 5.90. The molecular weight excluding hydrogens is 362 g/mol. The highest BCUT2D eigenvalue weighted by atomic mass is 16.5. The third kappa shape index (κ3) is 3.77. The first-order valence-corrected chi connectivity index (χ1v) is 9.80. The Balaban J connectivity index is 1.49. The van der Waals surface area contributed by atoms with Gasteiger partial charge in [0.25, 0.3) is 0 Å². The van der Waals surface area contributed by atoms with E-state index in [0.717, 1.165) is 65.9 Å². The van der Waals surface area contributed by atoms with Gasteiger partial charge in [-0.1, -0.05) is 30.3 Å². The van der Waals surface area contributed by atoms with Gasteiger partial charge in [-0.05, 0) is 48.5 Å². The second-order valence-corrected chi connectivity index (χ2v) is 6.93. The first-order valence-electron chi connectivity index (χ1n) is 9.80. The average molecular weight is 383 g/mol. The van der Waals surface area contributed by atoms with Gasteiger partial charge in [0.1, 0.15) is 17.3 Å². The molecule has 0 amide bonds. The van der Waals surface area contributed by atoms with E-state index in [0.29, 0.717) is 0 Å². The van der Waals surface area contributed by atoms with Gasteiger partial charge in [-0.25, -0.2) is 9.97 Å². The SMILES string of the molecule is c1ccc(Oc2ccc(-c3nc(N4CCOCC4)c4ccccc4n3)cc2)cc1. The van der Waals surface area contributed by atoms with E-state index >= 15 is 0 Å². The van der Waals surface area contributed by atoms with E-state index in [9.17, 15) is 0 Å². The Morgan fingerprint density at radius 3 is 2.21 bits per heavy atom. The molecule has 0 spiro atoms. The van der Waals surface area contributed by atoms with E-state index in [1.54, 1.807) is 0 Å². The van der Waals surface area contributed by atoms with Crippen LogP contribution >= 0.6 is 0 Å². The number of fused-ring (bicyclic) bond motifs is 1. The van der Waals surface area contributed by atoms with Crippen molar-refractivity contribution in [1.82, 2.24) is 9.97 Å². The minimum absolute atomic E-state index is 0.719. The molecule has 0 atom stereocenters. The molecule has 29 heavy (non-hydrogen) atoms. The van der Waals surface area contributed by atoms with Gasteiger partial charge < -0.3 is 14.4 Å². The van der Waals surface area contributed by atoms with Crippen LogP contribution in [0.2, 0.25) is 0 Å². The molecule has 144 valence electrons. The summed E-state index contributed by atoms with van der Waals surface area (Å²) in [7, 11) is 0. The number of morpholine rings is 1. The zero-order chi connectivity index (χ0) is 19.5. The summed E-state index contributed by atoms with van der Waals surface area (Å²) in [5.74, 6) is 3.29. The number of aromatic nitrogens is 2. The van der Waals surface area contributed by atoms with Gasteiger partial charge in [0.05, 0.1) is 18.7 Å². The number of nitrogens with zero attached hydrogens (tertiary/aromatic N) is 3. The highest BCUT2D eigenvalue weighted by molar-refractivity contribution is 5.91. The van der Waals surface area contributed by atoms with Crippen LogP contribution in [0.5, 0.6) is 11.5 Å². The van der Waals surface area contributed by atoms with Gasteiger partial charge >= 0.3 is 0 Å². The summed E-state index contributed by atoms with van der Waals surface area (Å²) in [4.78, 5) is 12.0. The summed E-state index contributed by atoms with van der Waals surface area (Å²) in [6.45, 7) is 3.12. The fourth-order valence-electron chi connectivity index (χ4n) is 3.50. The van der Waals surface area contributed by atoms with Gasteiger partial charge in [-0.15, -0.1) is 0 Å². The van der Waals surface area contributed by atoms with Crippen molar-refractivity contribution < 1.29 is 9.47 Å². The lowest BCUT2D eigenvalue weighted by atomic mass is 10.1. The van der Waals surface area contributed by atoms with Crippen LogP contribution in [0.15, 0.2) is 78.9 Å². The number of para-hydroxylation sites is 2. The lowest BCUT2D eigenvalue weighted by molar-refractivity contribution is 0.122. The third-order valence-corrected chi connectivity index (χ3v) is 4.99. The summed E-state index contributed by atoms with van der Waals surface area (Å²) in [6.07, 6.45) is 0. The molecule has 1 aliphatic rings. The molecule has 1 saturated heterocycles. The fourth-order valence-corrected chi connectivity index (χ4v) is 3.50. The summed E-state index contributed by atoms with van der Waals surface area (Å²) in [6, 6.07) is 25.9. The van der Waals surface area contributed by atoms with Crippen LogP contribution < -0.4 is 9.64 Å². The first-order chi connectivity index (χ1) is 14.4. The fraction of sp³-hybridized carbons (Fsp3) is 0.167.